The lowest BCUT2D eigenvalue weighted by molar-refractivity contribution is -0.138. The van der Waals surface area contributed by atoms with E-state index < -0.39 is 29.4 Å². The molecule has 3 aromatic rings. The third-order valence-electron chi connectivity index (χ3n) is 5.09. The number of carbonyl (C=O) groups is 3. The van der Waals surface area contributed by atoms with Crippen molar-refractivity contribution in [2.45, 2.75) is 12.3 Å². The summed E-state index contributed by atoms with van der Waals surface area (Å²) in [5.41, 5.74) is 1.19. The van der Waals surface area contributed by atoms with Crippen molar-refractivity contribution >= 4 is 17.5 Å². The van der Waals surface area contributed by atoms with E-state index in [4.69, 9.17) is 4.74 Å². The van der Waals surface area contributed by atoms with E-state index in [1.54, 1.807) is 54.6 Å². The predicted molar refractivity (Wildman–Crippen MR) is 104 cm³/mol. The van der Waals surface area contributed by atoms with Crippen LogP contribution in [0.5, 0.6) is 5.75 Å². The molecule has 29 heavy (non-hydrogen) atoms. The smallest absolute Gasteiger partial charge is 0.322 e. The zero-order valence-electron chi connectivity index (χ0n) is 15.4. The van der Waals surface area contributed by atoms with Crippen LogP contribution in [0.25, 0.3) is 0 Å². The minimum atomic E-state index is -1.22. The Labute approximate surface area is 166 Å². The molecule has 2 unspecified atom stereocenters. The summed E-state index contributed by atoms with van der Waals surface area (Å²) in [6.45, 7) is 0. The molecule has 4 nitrogen and oxygen atoms in total. The van der Waals surface area contributed by atoms with Crippen molar-refractivity contribution in [1.29, 1.82) is 0 Å². The summed E-state index contributed by atoms with van der Waals surface area (Å²) in [7, 11) is 0. The fourth-order valence-electron chi connectivity index (χ4n) is 3.65. The number of ether oxygens (including phenoxy) is 1. The van der Waals surface area contributed by atoms with E-state index in [0.717, 1.165) is 12.1 Å². The fourth-order valence-corrected chi connectivity index (χ4v) is 3.65. The first-order chi connectivity index (χ1) is 14.0. The number of halogens is 1. The summed E-state index contributed by atoms with van der Waals surface area (Å²) in [5.74, 6) is -3.96. The van der Waals surface area contributed by atoms with Crippen molar-refractivity contribution in [2.75, 3.05) is 0 Å². The zero-order valence-corrected chi connectivity index (χ0v) is 15.4. The highest BCUT2D eigenvalue weighted by molar-refractivity contribution is 6.14. The Kier molecular flexibility index (Phi) is 5.04. The van der Waals surface area contributed by atoms with Gasteiger partial charge in [-0.05, 0) is 23.8 Å². The van der Waals surface area contributed by atoms with Gasteiger partial charge in [0, 0.05) is 17.9 Å². The lowest BCUT2D eigenvalue weighted by Gasteiger charge is -2.29. The quantitative estimate of drug-likeness (QED) is 0.277. The molecule has 0 N–H and O–H groups in total. The number of esters is 1. The molecule has 0 aliphatic carbocycles. The second kappa shape index (κ2) is 7.80. The molecule has 5 heteroatoms. The van der Waals surface area contributed by atoms with Gasteiger partial charge in [-0.1, -0.05) is 60.7 Å². The van der Waals surface area contributed by atoms with Gasteiger partial charge < -0.3 is 4.74 Å². The van der Waals surface area contributed by atoms with Crippen molar-refractivity contribution in [3.63, 3.8) is 0 Å². The van der Waals surface area contributed by atoms with Crippen LogP contribution in [-0.4, -0.2) is 17.5 Å². The minimum absolute atomic E-state index is 0.0164. The van der Waals surface area contributed by atoms with Crippen LogP contribution in [0, 0.1) is 11.7 Å². The van der Waals surface area contributed by atoms with E-state index in [2.05, 4.69) is 0 Å². The number of hydrogen-bond donors (Lipinski definition) is 0. The van der Waals surface area contributed by atoms with Crippen LogP contribution in [0.2, 0.25) is 0 Å². The molecule has 0 amide bonds. The first-order valence-electron chi connectivity index (χ1n) is 9.23. The number of carbonyl (C=O) groups excluding carboxylic acids is 3. The van der Waals surface area contributed by atoms with Gasteiger partial charge in [0.15, 0.2) is 11.6 Å². The standard InChI is InChI=1S/C24H17FO4/c25-17-11-12-21-19(13-17)23(27)22(24(28)29-21)18(15-7-3-1-4-8-15)14-20(26)16-9-5-2-6-10-16/h1-13,18,22H,14H2. The molecule has 0 spiro atoms. The Morgan fingerprint density at radius 3 is 2.28 bits per heavy atom. The molecule has 1 aliphatic heterocycles. The molecular weight excluding hydrogens is 371 g/mol. The Hall–Kier alpha value is -3.60. The Morgan fingerprint density at radius 2 is 1.59 bits per heavy atom. The SMILES string of the molecule is O=C(CC(c1ccccc1)C1C(=O)Oc2ccc(F)cc2C1=O)c1ccccc1. The average Bonchev–Trinajstić information content (AvgIpc) is 2.75. The number of Topliss-reactive ketones (excluding diaryl/α,β-unsaturated/α-hetero) is 2. The maximum atomic E-state index is 13.7. The van der Waals surface area contributed by atoms with Gasteiger partial charge in [0.1, 0.15) is 17.5 Å². The highest BCUT2D eigenvalue weighted by Crippen LogP contribution is 2.38. The van der Waals surface area contributed by atoms with Crippen molar-refractivity contribution in [2.24, 2.45) is 5.92 Å². The summed E-state index contributed by atoms with van der Waals surface area (Å²) in [4.78, 5) is 38.7. The van der Waals surface area contributed by atoms with Crippen molar-refractivity contribution in [1.82, 2.24) is 0 Å². The van der Waals surface area contributed by atoms with Gasteiger partial charge in [0.2, 0.25) is 0 Å². The predicted octanol–water partition coefficient (Wildman–Crippen LogP) is 4.60. The second-order valence-corrected chi connectivity index (χ2v) is 6.91. The van der Waals surface area contributed by atoms with Gasteiger partial charge in [0.05, 0.1) is 5.56 Å². The molecule has 3 aromatic carbocycles. The highest BCUT2D eigenvalue weighted by Gasteiger charge is 2.43. The molecule has 1 heterocycles. The molecule has 0 radical (unpaired) electrons. The summed E-state index contributed by atoms with van der Waals surface area (Å²) in [5, 5.41) is 0. The van der Waals surface area contributed by atoms with Crippen LogP contribution >= 0.6 is 0 Å². The topological polar surface area (TPSA) is 60.4 Å². The number of ketones is 2. The van der Waals surface area contributed by atoms with Crippen LogP contribution < -0.4 is 4.74 Å². The van der Waals surface area contributed by atoms with E-state index in [9.17, 15) is 18.8 Å². The number of benzene rings is 3. The van der Waals surface area contributed by atoms with Gasteiger partial charge in [-0.2, -0.15) is 0 Å². The molecule has 0 aromatic heterocycles. The van der Waals surface area contributed by atoms with Crippen LogP contribution in [0.15, 0.2) is 78.9 Å². The normalized spacial score (nSPS) is 16.7. The van der Waals surface area contributed by atoms with Crippen LogP contribution in [0.1, 0.15) is 38.6 Å². The number of rotatable bonds is 5. The van der Waals surface area contributed by atoms with Crippen molar-refractivity contribution in [3.8, 4) is 5.75 Å². The Bertz CT molecular complexity index is 1080. The maximum absolute atomic E-state index is 13.7. The molecule has 4 rings (SSSR count). The van der Waals surface area contributed by atoms with E-state index in [0.29, 0.717) is 11.1 Å². The third kappa shape index (κ3) is 3.72. The summed E-state index contributed by atoms with van der Waals surface area (Å²) >= 11 is 0. The summed E-state index contributed by atoms with van der Waals surface area (Å²) in [6.07, 6.45) is -0.0514. The van der Waals surface area contributed by atoms with E-state index >= 15 is 0 Å². The minimum Gasteiger partial charge on any atom is -0.425 e. The van der Waals surface area contributed by atoms with Gasteiger partial charge in [-0.15, -0.1) is 0 Å². The summed E-state index contributed by atoms with van der Waals surface area (Å²) in [6, 6.07) is 21.1. The molecule has 0 fully saturated rings. The number of fused-ring (bicyclic) bond motifs is 1. The van der Waals surface area contributed by atoms with Gasteiger partial charge in [-0.25, -0.2) is 4.39 Å². The average molecular weight is 388 g/mol. The Morgan fingerprint density at radius 1 is 0.931 bits per heavy atom. The monoisotopic (exact) mass is 388 g/mol. The van der Waals surface area contributed by atoms with Crippen molar-refractivity contribution < 1.29 is 23.5 Å². The molecule has 0 saturated carbocycles. The summed E-state index contributed by atoms with van der Waals surface area (Å²) < 4.78 is 19.0. The molecule has 144 valence electrons. The van der Waals surface area contributed by atoms with Crippen LogP contribution in [-0.2, 0) is 4.79 Å². The first-order valence-corrected chi connectivity index (χ1v) is 9.23. The Balaban J connectivity index is 1.74. The van der Waals surface area contributed by atoms with E-state index in [-0.39, 0.29) is 23.5 Å². The van der Waals surface area contributed by atoms with Gasteiger partial charge in [-0.3, -0.25) is 14.4 Å². The van der Waals surface area contributed by atoms with Gasteiger partial charge >= 0.3 is 5.97 Å². The largest absolute Gasteiger partial charge is 0.425 e. The van der Waals surface area contributed by atoms with E-state index in [1.807, 2.05) is 6.07 Å². The highest BCUT2D eigenvalue weighted by atomic mass is 19.1. The molecule has 2 atom stereocenters. The molecule has 1 aliphatic rings. The third-order valence-corrected chi connectivity index (χ3v) is 5.09. The van der Waals surface area contributed by atoms with Crippen LogP contribution in [0.3, 0.4) is 0 Å². The maximum Gasteiger partial charge on any atom is 0.322 e. The molecular formula is C24H17FO4. The van der Waals surface area contributed by atoms with Gasteiger partial charge in [0.25, 0.3) is 0 Å². The zero-order chi connectivity index (χ0) is 20.4. The lowest BCUT2D eigenvalue weighted by Crippen LogP contribution is -2.38. The van der Waals surface area contributed by atoms with E-state index in [1.165, 1.54) is 6.07 Å². The first kappa shape index (κ1) is 18.7. The van der Waals surface area contributed by atoms with Crippen molar-refractivity contribution in [3.05, 3.63) is 101 Å². The second-order valence-electron chi connectivity index (χ2n) is 6.91. The lowest BCUT2D eigenvalue weighted by atomic mass is 9.76. The number of hydrogen-bond acceptors (Lipinski definition) is 4. The molecule has 0 saturated heterocycles. The fraction of sp³-hybridized carbons (Fsp3) is 0.125. The van der Waals surface area contributed by atoms with Crippen LogP contribution in [0.4, 0.5) is 4.39 Å². The molecule has 0 bridgehead atoms.